The van der Waals surface area contributed by atoms with Crippen LogP contribution in [0.5, 0.6) is 0 Å². The number of rotatable bonds is 38. The Hall–Kier alpha value is -11.3. The predicted octanol–water partition coefficient (Wildman–Crippen LogP) is 0.936. The summed E-state index contributed by atoms with van der Waals surface area (Å²) < 4.78 is 0. The van der Waals surface area contributed by atoms with Gasteiger partial charge in [-0.05, 0) is 120 Å². The van der Waals surface area contributed by atoms with Gasteiger partial charge in [0.15, 0.2) is 11.9 Å². The number of amides is 10. The highest BCUT2D eigenvalue weighted by molar-refractivity contribution is 6.30. The molecule has 19 N–H and O–H groups in total. The van der Waals surface area contributed by atoms with Gasteiger partial charge in [-0.3, -0.25) is 67.7 Å². The Morgan fingerprint density at radius 1 is 0.514 bits per heavy atom. The molecule has 1 aliphatic rings. The fourth-order valence-corrected chi connectivity index (χ4v) is 12.2. The molecule has 105 heavy (non-hydrogen) atoms. The van der Waals surface area contributed by atoms with Gasteiger partial charge < -0.3 is 85.9 Å². The zero-order chi connectivity index (χ0) is 76.3. The van der Waals surface area contributed by atoms with E-state index in [0.717, 1.165) is 21.5 Å². The fraction of sp³-hybridized carbons (Fsp3) is 0.405. The molecule has 0 aliphatic carbocycles. The second-order valence-corrected chi connectivity index (χ2v) is 26.8. The van der Waals surface area contributed by atoms with E-state index in [-0.39, 0.29) is 102 Å². The second-order valence-electron chi connectivity index (χ2n) is 26.3. The van der Waals surface area contributed by atoms with Crippen molar-refractivity contribution in [1.29, 1.82) is 0 Å². The van der Waals surface area contributed by atoms with E-state index in [1.165, 1.54) is 31.1 Å². The van der Waals surface area contributed by atoms with Gasteiger partial charge in [-0.1, -0.05) is 129 Å². The third kappa shape index (κ3) is 25.6. The van der Waals surface area contributed by atoms with Gasteiger partial charge in [-0.25, -0.2) is 0 Å². The van der Waals surface area contributed by atoms with E-state index in [9.17, 15) is 53.4 Å². The number of fused-ring (bicyclic) bond motifs is 2. The number of carboxylic acid groups (broad SMARTS) is 1. The third-order valence-electron chi connectivity index (χ3n) is 17.5. The zero-order valence-electron chi connectivity index (χ0n) is 59.0. The number of carbonyl (C=O) groups excluding carboxylic acids is 10. The SMILES string of the molecule is CC(=O)N[C@H](Cc1ccc2ccccc2c1)C(=O)N[C@H](Cc1ccc(Cl)cc1)C(=O)N[C@H](Cc1cccnc1)C(=O)N[C@@H](CO)C(=O)N[C@@H](CCCN=C(N)N)C(=O)N[C@@H](Cc1ccc2ccccc2c1)C(=O)N[C@@H](CC(C)C)C(=O)N[C@@H](CCCN=C(N)N)C(=O)N1CCC[C@@H]1C(=O)N[C@H](C)C(=O)O. The molecule has 1 fully saturated rings. The highest BCUT2D eigenvalue weighted by Gasteiger charge is 2.40. The molecule has 1 saturated heterocycles. The van der Waals surface area contributed by atoms with Crippen LogP contribution >= 0.6 is 11.6 Å². The Labute approximate surface area is 612 Å². The number of hydrogen-bond acceptors (Lipinski definition) is 15. The summed E-state index contributed by atoms with van der Waals surface area (Å²) in [6, 6.07) is 21.7. The molecule has 1 aliphatic heterocycles. The van der Waals surface area contributed by atoms with Gasteiger partial charge in [0.05, 0.1) is 6.61 Å². The van der Waals surface area contributed by atoms with Crippen molar-refractivity contribution in [3.8, 4) is 0 Å². The van der Waals surface area contributed by atoms with Crippen molar-refractivity contribution in [3.63, 3.8) is 0 Å². The number of aliphatic imine (C=N–C) groups is 2. The maximum atomic E-state index is 15.1. The number of carboxylic acids is 1. The van der Waals surface area contributed by atoms with Crippen molar-refractivity contribution in [2.24, 2.45) is 38.8 Å². The highest BCUT2D eigenvalue weighted by atomic mass is 35.5. The van der Waals surface area contributed by atoms with Crippen LogP contribution in [0.25, 0.3) is 21.5 Å². The molecule has 5 aromatic carbocycles. The molecule has 560 valence electrons. The van der Waals surface area contributed by atoms with Gasteiger partial charge in [0.25, 0.3) is 0 Å². The molecule has 2 heterocycles. The Kier molecular flexibility index (Phi) is 30.8. The van der Waals surface area contributed by atoms with Crippen molar-refractivity contribution in [2.45, 2.75) is 159 Å². The monoisotopic (exact) mass is 1460 g/mol. The number of nitrogens with zero attached hydrogens (tertiary/aromatic N) is 4. The number of aliphatic hydroxyl groups is 1. The number of likely N-dealkylation sites (tertiary alicyclic amines) is 1. The summed E-state index contributed by atoms with van der Waals surface area (Å²) in [7, 11) is 0. The number of nitrogens with two attached hydrogens (primary N) is 4. The summed E-state index contributed by atoms with van der Waals surface area (Å²) in [6.45, 7) is 5.18. The number of guanidine groups is 2. The van der Waals surface area contributed by atoms with Crippen LogP contribution in [-0.2, 0) is 78.4 Å². The molecular formula is C74H94ClN17O13. The number of benzene rings is 5. The first kappa shape index (κ1) is 81.0. The Morgan fingerprint density at radius 2 is 0.943 bits per heavy atom. The van der Waals surface area contributed by atoms with Crippen LogP contribution in [0.4, 0.5) is 0 Å². The summed E-state index contributed by atoms with van der Waals surface area (Å²) in [6.07, 6.45) is 2.98. The number of pyridine rings is 1. The standard InChI is InChI=1S/C74H94ClN17O13/c1-42(2)33-56(64(96)86-55(19-11-31-82-74(78)79)71(103)92-32-12-20-62(92)70(102)83-43(3)72(104)105)87-67(99)59(38-47-22-26-50-15-6-8-17-52(50)35-47)88-63(95)54(18-10-30-81-73(76)77)85-69(101)61(41-93)91-68(100)60(39-48-13-9-29-80-40-48)90-66(98)58(36-45-23-27-53(75)28-24-45)89-65(97)57(84-44(4)94)37-46-21-25-49-14-5-7-16-51(49)34-46/h5-9,13-17,21-29,34-35,40,42-43,54-62,93H,10-12,18-20,30-33,36-39,41H2,1-4H3,(H,83,102)(H,84,94)(H,85,101)(H,86,96)(H,87,99)(H,88,95)(H,89,97)(H,90,98)(H,91,100)(H,104,105)(H4,76,77,81)(H4,78,79,82)/t43-,54+,55+,56+,57-,58-,59+,60-,61+,62-/m1/s1. The number of nitrogens with one attached hydrogen (secondary N) is 9. The lowest BCUT2D eigenvalue weighted by molar-refractivity contribution is -0.144. The molecule has 31 heteroatoms. The Morgan fingerprint density at radius 3 is 1.43 bits per heavy atom. The molecule has 1 aromatic heterocycles. The van der Waals surface area contributed by atoms with Crippen molar-refractivity contribution in [2.75, 3.05) is 26.2 Å². The first-order valence-corrected chi connectivity index (χ1v) is 35.1. The maximum Gasteiger partial charge on any atom is 0.325 e. The van der Waals surface area contributed by atoms with Gasteiger partial charge in [-0.15, -0.1) is 0 Å². The summed E-state index contributed by atoms with van der Waals surface area (Å²) in [5, 5.41) is 48.5. The van der Waals surface area contributed by atoms with E-state index >= 15 is 9.59 Å². The van der Waals surface area contributed by atoms with Crippen molar-refractivity contribution in [3.05, 3.63) is 161 Å². The number of aromatic nitrogens is 1. The third-order valence-corrected chi connectivity index (χ3v) is 17.7. The molecule has 30 nitrogen and oxygen atoms in total. The van der Waals surface area contributed by atoms with Crippen molar-refractivity contribution < 1.29 is 63.0 Å². The smallest absolute Gasteiger partial charge is 0.325 e. The van der Waals surface area contributed by atoms with Crippen molar-refractivity contribution in [1.82, 2.24) is 57.7 Å². The lowest BCUT2D eigenvalue weighted by Crippen LogP contribution is -2.61. The molecule has 0 unspecified atom stereocenters. The quantitative estimate of drug-likeness (QED) is 0.0146. The van der Waals surface area contributed by atoms with Crippen LogP contribution in [-0.4, -0.2) is 184 Å². The lowest BCUT2D eigenvalue weighted by atomic mass is 9.98. The van der Waals surface area contributed by atoms with Crippen LogP contribution < -0.4 is 70.8 Å². The number of carbonyl (C=O) groups is 11. The number of aliphatic hydroxyl groups excluding tert-OH is 1. The summed E-state index contributed by atoms with van der Waals surface area (Å²) in [4.78, 5) is 169. The highest BCUT2D eigenvalue weighted by Crippen LogP contribution is 2.23. The van der Waals surface area contributed by atoms with Gasteiger partial charge in [0.1, 0.15) is 60.4 Å². The number of aliphatic carboxylic acids is 1. The van der Waals surface area contributed by atoms with Gasteiger partial charge in [0, 0.05) is 69.7 Å². The molecule has 10 amide bonds. The van der Waals surface area contributed by atoms with Crippen LogP contribution in [0.3, 0.4) is 0 Å². The molecule has 0 radical (unpaired) electrons. The van der Waals surface area contributed by atoms with E-state index in [1.807, 2.05) is 78.9 Å². The number of halogens is 1. The van der Waals surface area contributed by atoms with E-state index in [4.69, 9.17) is 34.5 Å². The van der Waals surface area contributed by atoms with Crippen LogP contribution in [0.1, 0.15) is 94.9 Å². The summed E-state index contributed by atoms with van der Waals surface area (Å²) in [5.41, 5.74) is 24.7. The average Bonchev–Trinajstić information content (AvgIpc) is 1.82. The normalized spacial score (nSPS) is 15.2. The molecule has 6 aromatic rings. The maximum absolute atomic E-state index is 15.1. The summed E-state index contributed by atoms with van der Waals surface area (Å²) in [5.74, 6) is -10.2. The van der Waals surface area contributed by atoms with Gasteiger partial charge >= 0.3 is 5.97 Å². The van der Waals surface area contributed by atoms with E-state index in [1.54, 1.807) is 56.3 Å². The van der Waals surface area contributed by atoms with Crippen LogP contribution in [0.2, 0.25) is 5.02 Å². The molecule has 0 spiro atoms. The van der Waals surface area contributed by atoms with E-state index in [2.05, 4.69) is 62.8 Å². The van der Waals surface area contributed by atoms with Crippen LogP contribution in [0, 0.1) is 5.92 Å². The van der Waals surface area contributed by atoms with E-state index in [0.29, 0.717) is 33.7 Å². The van der Waals surface area contributed by atoms with Gasteiger partial charge in [-0.2, -0.15) is 0 Å². The average molecular weight is 1470 g/mol. The minimum absolute atomic E-state index is 0.00366. The summed E-state index contributed by atoms with van der Waals surface area (Å²) >= 11 is 6.24. The topological polar surface area (TPSA) is 481 Å². The van der Waals surface area contributed by atoms with E-state index < -0.39 is 132 Å². The minimum Gasteiger partial charge on any atom is -0.480 e. The Bertz CT molecular complexity index is 4100. The molecular weight excluding hydrogens is 1370 g/mol. The zero-order valence-corrected chi connectivity index (χ0v) is 59.8. The molecule has 0 bridgehead atoms. The largest absolute Gasteiger partial charge is 0.480 e. The molecule has 10 atom stereocenters. The first-order valence-electron chi connectivity index (χ1n) is 34.7. The minimum atomic E-state index is -1.82. The first-order chi connectivity index (χ1) is 50.1. The second kappa shape index (κ2) is 40.0. The van der Waals surface area contributed by atoms with Crippen LogP contribution in [0.15, 0.2) is 144 Å². The molecule has 7 rings (SSSR count). The lowest BCUT2D eigenvalue weighted by Gasteiger charge is -2.31. The van der Waals surface area contributed by atoms with Gasteiger partial charge in [0.2, 0.25) is 59.1 Å². The number of hydrogen-bond donors (Lipinski definition) is 15. The Balaban J connectivity index is 1.15. The fourth-order valence-electron chi connectivity index (χ4n) is 12.1. The van der Waals surface area contributed by atoms with Crippen molar-refractivity contribution >= 4 is 110 Å². The molecule has 0 saturated carbocycles. The predicted molar refractivity (Wildman–Crippen MR) is 396 cm³/mol.